The van der Waals surface area contributed by atoms with Gasteiger partial charge in [0.15, 0.2) is 23.9 Å². The Balaban J connectivity index is 0.00000507. The number of hydrogen-bond acceptors (Lipinski definition) is 9. The van der Waals surface area contributed by atoms with Crippen molar-refractivity contribution in [3.63, 3.8) is 0 Å². The minimum absolute atomic E-state index is 0. The zero-order chi connectivity index (χ0) is 27.1. The van der Waals surface area contributed by atoms with Crippen LogP contribution in [0, 0.1) is 5.41 Å². The second kappa shape index (κ2) is 13.7. The maximum Gasteiger partial charge on any atom is 0.344 e. The molecule has 3 rings (SSSR count). The molecule has 1 amide bonds. The van der Waals surface area contributed by atoms with Gasteiger partial charge < -0.3 is 33.9 Å². The molecule has 12 heteroatoms. The van der Waals surface area contributed by atoms with Gasteiger partial charge in [-0.2, -0.15) is 0 Å². The lowest BCUT2D eigenvalue weighted by molar-refractivity contribution is -0.145. The van der Waals surface area contributed by atoms with Gasteiger partial charge in [0, 0.05) is 24.7 Å². The number of benzene rings is 2. The number of hydrogen-bond donors (Lipinski definition) is 2. The second-order valence-electron chi connectivity index (χ2n) is 7.95. The fraction of sp³-hybridized carbons (Fsp3) is 0.385. The minimum atomic E-state index is -0.550. The van der Waals surface area contributed by atoms with E-state index in [2.05, 4.69) is 5.32 Å². The van der Waals surface area contributed by atoms with Gasteiger partial charge in [0.25, 0.3) is 5.91 Å². The molecular formula is C26H32BrN3O8. The van der Waals surface area contributed by atoms with Crippen LogP contribution in [-0.4, -0.2) is 76.0 Å². The van der Waals surface area contributed by atoms with Crippen LogP contribution in [0.3, 0.4) is 0 Å². The number of halogens is 1. The molecule has 0 saturated heterocycles. The van der Waals surface area contributed by atoms with Crippen LogP contribution >= 0.6 is 17.0 Å². The number of rotatable bonds is 12. The molecule has 0 unspecified atom stereocenters. The van der Waals surface area contributed by atoms with Gasteiger partial charge in [-0.3, -0.25) is 15.0 Å². The molecule has 0 saturated carbocycles. The summed E-state index contributed by atoms with van der Waals surface area (Å²) in [5.41, 5.74) is 1.95. The van der Waals surface area contributed by atoms with E-state index in [1.54, 1.807) is 24.0 Å². The summed E-state index contributed by atoms with van der Waals surface area (Å²) in [7, 11) is 4.34. The summed E-state index contributed by atoms with van der Waals surface area (Å²) in [4.78, 5) is 38.9. The van der Waals surface area contributed by atoms with Crippen molar-refractivity contribution in [2.45, 2.75) is 20.4 Å². The average Bonchev–Trinajstić information content (AvgIpc) is 3.19. The number of amides is 1. The number of nitrogens with zero attached hydrogens (tertiary/aromatic N) is 1. The van der Waals surface area contributed by atoms with Gasteiger partial charge in [0.2, 0.25) is 5.75 Å². The molecule has 1 heterocycles. The van der Waals surface area contributed by atoms with E-state index in [-0.39, 0.29) is 77.1 Å². The van der Waals surface area contributed by atoms with Gasteiger partial charge in [-0.25, -0.2) is 4.79 Å². The van der Waals surface area contributed by atoms with Crippen molar-refractivity contribution in [1.29, 1.82) is 5.41 Å². The van der Waals surface area contributed by atoms with Gasteiger partial charge >= 0.3 is 5.97 Å². The Kier molecular flexibility index (Phi) is 10.9. The van der Waals surface area contributed by atoms with Crippen molar-refractivity contribution < 1.29 is 38.1 Å². The number of ketones is 1. The number of esters is 1. The summed E-state index contributed by atoms with van der Waals surface area (Å²) in [6.45, 7) is 3.98. The molecule has 0 spiro atoms. The molecule has 1 aliphatic heterocycles. The smallest absolute Gasteiger partial charge is 0.344 e. The maximum absolute atomic E-state index is 13.2. The highest BCUT2D eigenvalue weighted by molar-refractivity contribution is 8.93. The molecule has 1 aliphatic rings. The van der Waals surface area contributed by atoms with Crippen LogP contribution in [0.4, 0.5) is 0 Å². The maximum atomic E-state index is 13.2. The third-order valence-corrected chi connectivity index (χ3v) is 5.67. The number of nitrogens with one attached hydrogen (secondary N) is 2. The second-order valence-corrected chi connectivity index (χ2v) is 7.95. The summed E-state index contributed by atoms with van der Waals surface area (Å²) < 4.78 is 26.8. The summed E-state index contributed by atoms with van der Waals surface area (Å²) >= 11 is 0. The molecule has 11 nitrogen and oxygen atoms in total. The van der Waals surface area contributed by atoms with E-state index in [1.165, 1.54) is 33.4 Å². The topological polar surface area (TPSA) is 136 Å². The van der Waals surface area contributed by atoms with E-state index < -0.39 is 5.97 Å². The summed E-state index contributed by atoms with van der Waals surface area (Å²) in [5.74, 6) is -0.0150. The first kappa shape index (κ1) is 30.4. The number of amidine groups is 1. The summed E-state index contributed by atoms with van der Waals surface area (Å²) in [6, 6.07) is 6.35. The number of ether oxygens (including phenoxy) is 5. The number of Topliss-reactive ketones (excluding diaryl/α,β-unsaturated/α-hetero) is 1. The van der Waals surface area contributed by atoms with Gasteiger partial charge in [0.1, 0.15) is 11.6 Å². The van der Waals surface area contributed by atoms with Crippen molar-refractivity contribution >= 4 is 40.5 Å². The van der Waals surface area contributed by atoms with Gasteiger partial charge in [-0.05, 0) is 43.7 Å². The monoisotopic (exact) mass is 593 g/mol. The number of methoxy groups -OCH3 is 2. The minimum Gasteiger partial charge on any atom is -0.493 e. The van der Waals surface area contributed by atoms with E-state index in [4.69, 9.17) is 29.1 Å². The van der Waals surface area contributed by atoms with Crippen molar-refractivity contribution in [2.75, 3.05) is 47.6 Å². The lowest BCUT2D eigenvalue weighted by Gasteiger charge is -2.19. The number of carbonyl (C=O) groups excluding carboxylic acids is 3. The summed E-state index contributed by atoms with van der Waals surface area (Å²) in [6.07, 6.45) is 0. The van der Waals surface area contributed by atoms with Crippen molar-refractivity contribution in [3.05, 3.63) is 46.5 Å². The predicted octanol–water partition coefficient (Wildman–Crippen LogP) is 3.01. The Morgan fingerprint density at radius 2 is 1.63 bits per heavy atom. The van der Waals surface area contributed by atoms with Gasteiger partial charge in [-0.1, -0.05) is 0 Å². The highest BCUT2D eigenvalue weighted by Gasteiger charge is 2.30. The lowest BCUT2D eigenvalue weighted by Crippen LogP contribution is -2.30. The number of fused-ring (bicyclic) bond motifs is 1. The van der Waals surface area contributed by atoms with Crippen LogP contribution in [-0.2, 0) is 16.1 Å². The predicted molar refractivity (Wildman–Crippen MR) is 145 cm³/mol. The third kappa shape index (κ3) is 6.55. The van der Waals surface area contributed by atoms with E-state index >= 15 is 0 Å². The quantitative estimate of drug-likeness (QED) is 0.281. The highest BCUT2D eigenvalue weighted by atomic mass is 79.9. The number of carbonyl (C=O) groups is 3. The van der Waals surface area contributed by atoms with Crippen LogP contribution in [0.15, 0.2) is 24.3 Å². The average molecular weight is 594 g/mol. The fourth-order valence-electron chi connectivity index (χ4n) is 3.93. The van der Waals surface area contributed by atoms with E-state index in [9.17, 15) is 14.4 Å². The Labute approximate surface area is 231 Å². The Hall–Kier alpha value is -3.80. The fourth-order valence-corrected chi connectivity index (χ4v) is 3.93. The van der Waals surface area contributed by atoms with E-state index in [0.29, 0.717) is 30.0 Å². The largest absolute Gasteiger partial charge is 0.493 e. The lowest BCUT2D eigenvalue weighted by atomic mass is 10.0. The molecule has 2 N–H and O–H groups in total. The molecule has 0 radical (unpaired) electrons. The zero-order valence-electron chi connectivity index (χ0n) is 22.0. The Morgan fingerprint density at radius 3 is 2.18 bits per heavy atom. The third-order valence-electron chi connectivity index (χ3n) is 5.67. The molecule has 0 fully saturated rings. The standard InChI is InChI=1S/C26H31N3O8.BrH/c1-6-35-20-10-16-12-29(25(27)17(16)11-18(20)26(32)28-3)13-19(30)15-8-21(33-4)24(22(9-15)34-5)37-14-23(31)36-7-2;/h8-11,27H,6-7,12-14H2,1-5H3,(H,28,32);1H. The Bertz CT molecular complexity index is 1190. The van der Waals surface area contributed by atoms with Crippen LogP contribution in [0.1, 0.15) is 45.7 Å². The molecule has 2 aromatic carbocycles. The van der Waals surface area contributed by atoms with Crippen molar-refractivity contribution in [2.24, 2.45) is 0 Å². The van der Waals surface area contributed by atoms with Crippen LogP contribution in [0.2, 0.25) is 0 Å². The first-order chi connectivity index (χ1) is 17.8. The van der Waals surface area contributed by atoms with E-state index in [0.717, 1.165) is 5.56 Å². The molecular weight excluding hydrogens is 562 g/mol. The first-order valence-electron chi connectivity index (χ1n) is 11.7. The molecule has 2 aromatic rings. The van der Waals surface area contributed by atoms with Crippen molar-refractivity contribution in [1.82, 2.24) is 10.2 Å². The molecule has 0 aromatic heterocycles. The Morgan fingerprint density at radius 1 is 0.974 bits per heavy atom. The SMILES string of the molecule is Br.CCOC(=O)COc1c(OC)cc(C(=O)CN2Cc3cc(OCC)c(C(=O)NC)cc3C2=N)cc1OC. The van der Waals surface area contributed by atoms with Crippen molar-refractivity contribution in [3.8, 4) is 23.0 Å². The molecule has 38 heavy (non-hydrogen) atoms. The van der Waals surface area contributed by atoms with Crippen LogP contribution in [0.25, 0.3) is 0 Å². The van der Waals surface area contributed by atoms with Crippen LogP contribution in [0.5, 0.6) is 23.0 Å². The molecule has 206 valence electrons. The van der Waals surface area contributed by atoms with Crippen LogP contribution < -0.4 is 24.3 Å². The van der Waals surface area contributed by atoms with Gasteiger partial charge in [0.05, 0.1) is 39.5 Å². The summed E-state index contributed by atoms with van der Waals surface area (Å²) in [5, 5.41) is 11.2. The normalized spacial score (nSPS) is 11.7. The first-order valence-corrected chi connectivity index (χ1v) is 11.7. The molecule has 0 bridgehead atoms. The van der Waals surface area contributed by atoms with E-state index in [1.807, 2.05) is 6.92 Å². The molecule has 0 aliphatic carbocycles. The van der Waals surface area contributed by atoms with Gasteiger partial charge in [-0.15, -0.1) is 17.0 Å². The molecule has 0 atom stereocenters. The highest BCUT2D eigenvalue weighted by Crippen LogP contribution is 2.39. The zero-order valence-corrected chi connectivity index (χ0v) is 23.7.